The number of carbonyl (C=O) groups excluding carboxylic acids is 2. The number of carbonyl (C=O) groups is 2. The van der Waals surface area contributed by atoms with E-state index in [0.29, 0.717) is 0 Å². The molecule has 120 valence electrons. The summed E-state index contributed by atoms with van der Waals surface area (Å²) in [7, 11) is 0. The molecule has 23 heavy (non-hydrogen) atoms. The fourth-order valence-corrected chi connectivity index (χ4v) is 3.15. The molecule has 0 unspecified atom stereocenters. The largest absolute Gasteiger partial charge is 0.375 e. The number of hydrogen-bond acceptors (Lipinski definition) is 4. The molecule has 5 nitrogen and oxygen atoms in total. The molecule has 7 heteroatoms. The van der Waals surface area contributed by atoms with Gasteiger partial charge in [-0.15, -0.1) is 11.8 Å². The van der Waals surface area contributed by atoms with Crippen LogP contribution in [-0.2, 0) is 9.59 Å². The Labute approximate surface area is 152 Å². The highest BCUT2D eigenvalue weighted by molar-refractivity contribution is 14.1. The summed E-state index contributed by atoms with van der Waals surface area (Å²) in [5, 5.41) is 5.92. The monoisotopic (exact) mass is 441 g/mol. The Morgan fingerprint density at radius 2 is 1.91 bits per heavy atom. The van der Waals surface area contributed by atoms with Crippen LogP contribution in [0, 0.1) is 3.57 Å². The van der Waals surface area contributed by atoms with Crippen molar-refractivity contribution in [3.8, 4) is 0 Å². The van der Waals surface area contributed by atoms with Crippen LogP contribution in [0.5, 0.6) is 0 Å². The van der Waals surface area contributed by atoms with Crippen molar-refractivity contribution in [1.82, 2.24) is 0 Å². The molecule has 2 rings (SSSR count). The van der Waals surface area contributed by atoms with Crippen molar-refractivity contribution in [2.45, 2.75) is 4.90 Å². The lowest BCUT2D eigenvalue weighted by molar-refractivity contribution is -0.116. The fraction of sp³-hybridized carbons (Fsp3) is 0.125. The molecule has 0 fully saturated rings. The Balaban J connectivity index is 1.92. The third-order valence-corrected chi connectivity index (χ3v) is 4.57. The summed E-state index contributed by atoms with van der Waals surface area (Å²) in [5.41, 5.74) is 6.73. The van der Waals surface area contributed by atoms with Gasteiger partial charge in [0.15, 0.2) is 0 Å². The summed E-state index contributed by atoms with van der Waals surface area (Å²) in [6.07, 6.45) is 0. The van der Waals surface area contributed by atoms with Gasteiger partial charge in [-0.25, -0.2) is 0 Å². The number of nitrogens with two attached hydrogens (primary N) is 1. The van der Waals surface area contributed by atoms with E-state index in [9.17, 15) is 9.59 Å². The Kier molecular flexibility index (Phi) is 6.72. The predicted octanol–water partition coefficient (Wildman–Crippen LogP) is 2.92. The van der Waals surface area contributed by atoms with Crippen LogP contribution in [-0.4, -0.2) is 24.1 Å². The summed E-state index contributed by atoms with van der Waals surface area (Å²) >= 11 is 3.54. The molecule has 2 amide bonds. The van der Waals surface area contributed by atoms with E-state index in [1.807, 2.05) is 48.5 Å². The van der Waals surface area contributed by atoms with Gasteiger partial charge < -0.3 is 16.4 Å². The Morgan fingerprint density at radius 1 is 1.13 bits per heavy atom. The van der Waals surface area contributed by atoms with Crippen LogP contribution in [0.2, 0.25) is 0 Å². The summed E-state index contributed by atoms with van der Waals surface area (Å²) in [6, 6.07) is 15.1. The molecule has 0 aromatic heterocycles. The van der Waals surface area contributed by atoms with Gasteiger partial charge in [-0.2, -0.15) is 0 Å². The highest BCUT2D eigenvalue weighted by Crippen LogP contribution is 2.26. The highest BCUT2D eigenvalue weighted by Gasteiger charge is 2.07. The average molecular weight is 441 g/mol. The molecule has 0 aliphatic heterocycles. The second kappa shape index (κ2) is 8.78. The van der Waals surface area contributed by atoms with E-state index >= 15 is 0 Å². The first-order chi connectivity index (χ1) is 11.0. The maximum absolute atomic E-state index is 12.0. The average Bonchev–Trinajstić information content (AvgIpc) is 2.51. The van der Waals surface area contributed by atoms with E-state index in [2.05, 4.69) is 33.2 Å². The topological polar surface area (TPSA) is 84.2 Å². The Hall–Kier alpha value is -1.74. The van der Waals surface area contributed by atoms with Crippen LogP contribution < -0.4 is 16.4 Å². The second-order valence-electron chi connectivity index (χ2n) is 4.66. The van der Waals surface area contributed by atoms with Gasteiger partial charge >= 0.3 is 0 Å². The maximum atomic E-state index is 12.0. The van der Waals surface area contributed by atoms with Crippen molar-refractivity contribution in [1.29, 1.82) is 0 Å². The molecule has 2 aromatic carbocycles. The number of benzene rings is 2. The number of thioether (sulfide) groups is 1. The lowest BCUT2D eigenvalue weighted by Gasteiger charge is -2.11. The van der Waals surface area contributed by atoms with Gasteiger partial charge in [0.25, 0.3) is 0 Å². The lowest BCUT2D eigenvalue weighted by atomic mass is 10.3. The molecule has 0 saturated carbocycles. The molecule has 0 atom stereocenters. The standard InChI is InChI=1S/C16H16IN3O2S/c17-11-4-3-5-12(8-11)20-16(22)9-19-13-6-1-2-7-14(13)23-10-15(18)21/h1-8,19H,9-10H2,(H2,18,21)(H,20,22). The predicted molar refractivity (Wildman–Crippen MR) is 103 cm³/mol. The van der Waals surface area contributed by atoms with E-state index in [1.165, 1.54) is 11.8 Å². The van der Waals surface area contributed by atoms with E-state index in [0.717, 1.165) is 19.8 Å². The maximum Gasteiger partial charge on any atom is 0.243 e. The summed E-state index contributed by atoms with van der Waals surface area (Å²) in [4.78, 5) is 23.8. The smallest absolute Gasteiger partial charge is 0.243 e. The van der Waals surface area contributed by atoms with Crippen LogP contribution in [0.1, 0.15) is 0 Å². The minimum Gasteiger partial charge on any atom is -0.375 e. The summed E-state index contributed by atoms with van der Waals surface area (Å²) < 4.78 is 1.06. The molecule has 0 bridgehead atoms. The van der Waals surface area contributed by atoms with Crippen molar-refractivity contribution in [3.05, 3.63) is 52.1 Å². The van der Waals surface area contributed by atoms with Gasteiger partial charge in [-0.05, 0) is 52.9 Å². The summed E-state index contributed by atoms with van der Waals surface area (Å²) in [5.74, 6) is -0.309. The van der Waals surface area contributed by atoms with Crippen LogP contribution in [0.3, 0.4) is 0 Å². The molecular weight excluding hydrogens is 425 g/mol. The van der Waals surface area contributed by atoms with Gasteiger partial charge in [0, 0.05) is 19.8 Å². The highest BCUT2D eigenvalue weighted by atomic mass is 127. The molecule has 0 heterocycles. The summed E-state index contributed by atoms with van der Waals surface area (Å²) in [6.45, 7) is 0.139. The fourth-order valence-electron chi connectivity index (χ4n) is 1.83. The number of rotatable bonds is 7. The Morgan fingerprint density at radius 3 is 2.65 bits per heavy atom. The van der Waals surface area contributed by atoms with Gasteiger partial charge in [-0.3, -0.25) is 9.59 Å². The SMILES string of the molecule is NC(=O)CSc1ccccc1NCC(=O)Nc1cccc(I)c1. The number of nitrogens with one attached hydrogen (secondary N) is 2. The normalized spacial score (nSPS) is 10.1. The van der Waals surface area contributed by atoms with Crippen LogP contribution in [0.15, 0.2) is 53.4 Å². The molecule has 0 saturated heterocycles. The molecular formula is C16H16IN3O2S. The molecule has 0 aliphatic rings. The van der Waals surface area contributed by atoms with Crippen molar-refractivity contribution >= 4 is 57.5 Å². The van der Waals surface area contributed by atoms with Gasteiger partial charge in [0.1, 0.15) is 0 Å². The first-order valence-electron chi connectivity index (χ1n) is 6.84. The van der Waals surface area contributed by atoms with Crippen molar-refractivity contribution in [2.24, 2.45) is 5.73 Å². The van der Waals surface area contributed by atoms with E-state index in [1.54, 1.807) is 0 Å². The zero-order valence-corrected chi connectivity index (χ0v) is 15.2. The number of primary amides is 1. The third-order valence-electron chi connectivity index (χ3n) is 2.80. The zero-order chi connectivity index (χ0) is 16.7. The minimum absolute atomic E-state index is 0.137. The van der Waals surface area contributed by atoms with E-state index in [-0.39, 0.29) is 24.1 Å². The van der Waals surface area contributed by atoms with E-state index < -0.39 is 0 Å². The third kappa shape index (κ3) is 6.11. The molecule has 0 aliphatic carbocycles. The number of anilines is 2. The van der Waals surface area contributed by atoms with Crippen molar-refractivity contribution in [3.63, 3.8) is 0 Å². The quantitative estimate of drug-likeness (QED) is 0.456. The first kappa shape index (κ1) is 17.6. The van der Waals surface area contributed by atoms with Crippen LogP contribution >= 0.6 is 34.4 Å². The van der Waals surface area contributed by atoms with Gasteiger partial charge in [0.05, 0.1) is 12.3 Å². The van der Waals surface area contributed by atoms with Gasteiger partial charge in [-0.1, -0.05) is 18.2 Å². The molecule has 4 N–H and O–H groups in total. The number of amides is 2. The van der Waals surface area contributed by atoms with Crippen molar-refractivity contribution < 1.29 is 9.59 Å². The van der Waals surface area contributed by atoms with Crippen molar-refractivity contribution in [2.75, 3.05) is 22.9 Å². The Bertz CT molecular complexity index is 709. The first-order valence-corrected chi connectivity index (χ1v) is 8.90. The van der Waals surface area contributed by atoms with Gasteiger partial charge in [0.2, 0.25) is 11.8 Å². The molecule has 2 aromatic rings. The lowest BCUT2D eigenvalue weighted by Crippen LogP contribution is -2.22. The minimum atomic E-state index is -0.374. The number of para-hydroxylation sites is 1. The van der Waals surface area contributed by atoms with Crippen LogP contribution in [0.4, 0.5) is 11.4 Å². The zero-order valence-electron chi connectivity index (χ0n) is 12.2. The number of hydrogen-bond donors (Lipinski definition) is 3. The second-order valence-corrected chi connectivity index (χ2v) is 6.93. The van der Waals surface area contributed by atoms with E-state index in [4.69, 9.17) is 5.73 Å². The molecule has 0 spiro atoms. The van der Waals surface area contributed by atoms with Crippen LogP contribution in [0.25, 0.3) is 0 Å². The number of halogens is 1. The molecule has 0 radical (unpaired) electrons.